The molecule has 0 spiro atoms. The summed E-state index contributed by atoms with van der Waals surface area (Å²) in [5.74, 6) is -1.65. The van der Waals surface area contributed by atoms with E-state index in [0.717, 1.165) is 12.1 Å². The highest BCUT2D eigenvalue weighted by atomic mass is 19.4. The van der Waals surface area contributed by atoms with Gasteiger partial charge in [-0.05, 0) is 48.0 Å². The average Bonchev–Trinajstić information content (AvgIpc) is 2.96. The summed E-state index contributed by atoms with van der Waals surface area (Å²) in [6.07, 6.45) is -4.72. The predicted octanol–water partition coefficient (Wildman–Crippen LogP) is -1.51. The first-order valence-corrected chi connectivity index (χ1v) is 13.3. The first kappa shape index (κ1) is 34.9. The van der Waals surface area contributed by atoms with E-state index < -0.39 is 54.1 Å². The van der Waals surface area contributed by atoms with Gasteiger partial charge in [-0.1, -0.05) is 36.4 Å². The molecular weight excluding hydrogens is 558 g/mol. The highest BCUT2D eigenvalue weighted by molar-refractivity contribution is 6.58. The largest absolute Gasteiger partial charge is 0.488 e. The Morgan fingerprint density at radius 2 is 1.60 bits per heavy atom. The molecule has 2 atom stereocenters. The van der Waals surface area contributed by atoms with Crippen LogP contribution in [0.2, 0.25) is 0 Å². The number of ketones is 1. The van der Waals surface area contributed by atoms with Crippen molar-refractivity contribution in [3.8, 4) is 0 Å². The molecule has 2 rings (SSSR count). The van der Waals surface area contributed by atoms with E-state index in [4.69, 9.17) is 17.2 Å². The number of aliphatic hydroxyl groups is 1. The molecule has 0 saturated heterocycles. The normalized spacial score (nSPS) is 13.3. The van der Waals surface area contributed by atoms with Gasteiger partial charge in [0.2, 0.25) is 11.8 Å². The molecule has 11 N–H and O–H groups in total. The van der Waals surface area contributed by atoms with E-state index in [-0.39, 0.29) is 57.2 Å². The zero-order valence-electron chi connectivity index (χ0n) is 22.9. The van der Waals surface area contributed by atoms with Crippen LogP contribution in [0.1, 0.15) is 36.0 Å². The van der Waals surface area contributed by atoms with E-state index in [1.165, 1.54) is 30.3 Å². The third kappa shape index (κ3) is 11.2. The second-order valence-corrected chi connectivity index (χ2v) is 10.1. The molecule has 0 bridgehead atoms. The molecule has 15 heteroatoms. The quantitative estimate of drug-likeness (QED) is 0.106. The fourth-order valence-corrected chi connectivity index (χ4v) is 3.95. The Morgan fingerprint density at radius 1 is 0.952 bits per heavy atom. The minimum Gasteiger partial charge on any atom is -0.423 e. The van der Waals surface area contributed by atoms with Crippen molar-refractivity contribution in [2.45, 2.75) is 56.0 Å². The van der Waals surface area contributed by atoms with E-state index in [2.05, 4.69) is 10.6 Å². The standard InChI is InChI=1S/C27H37BF3N5O6/c29-27(30,31)19-7-4-17(5-8-19)6-10-22(23(37)13-18-2-1-3-20(12-18)28(41)42)36-25(39)21(34)9-11-24(38)35-16-26(40,14-32)15-33/h1-5,7-8,12,21-22,40-42H,6,9-11,13-16,32-34H2,(H,35,38)(H,36,39)/t21-,22+/m0/s1. The lowest BCUT2D eigenvalue weighted by Crippen LogP contribution is -2.53. The minimum atomic E-state index is -4.50. The molecule has 2 aromatic rings. The minimum absolute atomic E-state index is 0.0439. The van der Waals surface area contributed by atoms with E-state index >= 15 is 0 Å². The molecule has 0 heterocycles. The molecule has 0 saturated carbocycles. The van der Waals surface area contributed by atoms with Crippen molar-refractivity contribution >= 4 is 30.2 Å². The summed E-state index contributed by atoms with van der Waals surface area (Å²) in [6.45, 7) is -0.522. The second kappa shape index (κ2) is 15.8. The Hall–Kier alpha value is -3.34. The third-order valence-corrected chi connectivity index (χ3v) is 6.73. The molecule has 0 radical (unpaired) electrons. The molecule has 0 aliphatic rings. The van der Waals surface area contributed by atoms with E-state index in [9.17, 15) is 42.7 Å². The van der Waals surface area contributed by atoms with Gasteiger partial charge in [-0.15, -0.1) is 0 Å². The lowest BCUT2D eigenvalue weighted by molar-refractivity contribution is -0.137. The van der Waals surface area contributed by atoms with Gasteiger partial charge >= 0.3 is 13.3 Å². The van der Waals surface area contributed by atoms with E-state index in [0.29, 0.717) is 11.1 Å². The summed E-state index contributed by atoms with van der Waals surface area (Å²) >= 11 is 0. The third-order valence-electron chi connectivity index (χ3n) is 6.73. The molecule has 0 aliphatic heterocycles. The average molecular weight is 595 g/mol. The lowest BCUT2D eigenvalue weighted by Gasteiger charge is -2.25. The van der Waals surface area contributed by atoms with Crippen molar-refractivity contribution in [2.24, 2.45) is 17.2 Å². The van der Waals surface area contributed by atoms with Crippen molar-refractivity contribution in [1.29, 1.82) is 0 Å². The maximum absolute atomic E-state index is 13.2. The van der Waals surface area contributed by atoms with Crippen molar-refractivity contribution < 1.29 is 42.7 Å². The Kier molecular flexibility index (Phi) is 13.1. The molecule has 11 nitrogen and oxygen atoms in total. The summed E-state index contributed by atoms with van der Waals surface area (Å²) in [4.78, 5) is 38.2. The molecular formula is C27H37BF3N5O6. The zero-order valence-corrected chi connectivity index (χ0v) is 22.9. The van der Waals surface area contributed by atoms with Crippen molar-refractivity contribution in [3.05, 3.63) is 65.2 Å². The number of carbonyl (C=O) groups excluding carboxylic acids is 3. The van der Waals surface area contributed by atoms with Crippen LogP contribution in [0.5, 0.6) is 0 Å². The number of aryl methyl sites for hydroxylation is 1. The molecule has 0 unspecified atom stereocenters. The highest BCUT2D eigenvalue weighted by Crippen LogP contribution is 2.29. The van der Waals surface area contributed by atoms with Crippen LogP contribution >= 0.6 is 0 Å². The topological polar surface area (TPSA) is 214 Å². The monoisotopic (exact) mass is 595 g/mol. The first-order valence-electron chi connectivity index (χ1n) is 13.3. The summed E-state index contributed by atoms with van der Waals surface area (Å²) in [6, 6.07) is 8.22. The number of amides is 2. The van der Waals surface area contributed by atoms with Gasteiger partial charge in [0.15, 0.2) is 5.78 Å². The number of halogens is 3. The summed E-state index contributed by atoms with van der Waals surface area (Å²) in [5, 5.41) is 34.0. The van der Waals surface area contributed by atoms with Gasteiger partial charge in [0.05, 0.1) is 17.6 Å². The van der Waals surface area contributed by atoms with Crippen LogP contribution in [0, 0.1) is 0 Å². The van der Waals surface area contributed by atoms with Crippen LogP contribution in [0.4, 0.5) is 13.2 Å². The van der Waals surface area contributed by atoms with Gasteiger partial charge in [0.25, 0.3) is 0 Å². The van der Waals surface area contributed by atoms with Crippen LogP contribution in [-0.2, 0) is 33.4 Å². The van der Waals surface area contributed by atoms with Gasteiger partial charge < -0.3 is 43.0 Å². The SMILES string of the molecule is NCC(O)(CN)CNC(=O)CC[C@H](N)C(=O)N[C@H](CCc1ccc(C(F)(F)F)cc1)C(=O)Cc1cccc(B(O)O)c1. The lowest BCUT2D eigenvalue weighted by atomic mass is 9.79. The number of benzene rings is 2. The maximum atomic E-state index is 13.2. The molecule has 2 amide bonds. The van der Waals surface area contributed by atoms with E-state index in [1.807, 2.05) is 0 Å². The summed E-state index contributed by atoms with van der Waals surface area (Å²) < 4.78 is 38.7. The molecule has 230 valence electrons. The van der Waals surface area contributed by atoms with Gasteiger partial charge in [-0.3, -0.25) is 14.4 Å². The number of rotatable bonds is 16. The summed E-state index contributed by atoms with van der Waals surface area (Å²) in [7, 11) is -1.75. The second-order valence-electron chi connectivity index (χ2n) is 10.1. The van der Waals surface area contributed by atoms with Gasteiger partial charge in [0.1, 0.15) is 5.60 Å². The van der Waals surface area contributed by atoms with Crippen LogP contribution in [-0.4, -0.2) is 77.2 Å². The van der Waals surface area contributed by atoms with Crippen molar-refractivity contribution in [3.63, 3.8) is 0 Å². The van der Waals surface area contributed by atoms with Gasteiger partial charge in [-0.2, -0.15) is 13.2 Å². The van der Waals surface area contributed by atoms with Crippen molar-refractivity contribution in [2.75, 3.05) is 19.6 Å². The zero-order chi connectivity index (χ0) is 31.5. The fraction of sp³-hybridized carbons (Fsp3) is 0.444. The van der Waals surface area contributed by atoms with Gasteiger partial charge in [0, 0.05) is 32.5 Å². The number of carbonyl (C=O) groups is 3. The number of Topliss-reactive ketones (excluding diaryl/α,β-unsaturated/α-hetero) is 1. The van der Waals surface area contributed by atoms with Crippen LogP contribution < -0.4 is 33.3 Å². The predicted molar refractivity (Wildman–Crippen MR) is 150 cm³/mol. The maximum Gasteiger partial charge on any atom is 0.488 e. The molecule has 0 aliphatic carbocycles. The van der Waals surface area contributed by atoms with Crippen molar-refractivity contribution in [1.82, 2.24) is 10.6 Å². The molecule has 0 aromatic heterocycles. The van der Waals surface area contributed by atoms with E-state index in [1.54, 1.807) is 6.07 Å². The Bertz CT molecular complexity index is 1200. The van der Waals surface area contributed by atoms with Crippen LogP contribution in [0.15, 0.2) is 48.5 Å². The molecule has 0 fully saturated rings. The fourth-order valence-electron chi connectivity index (χ4n) is 3.95. The first-order chi connectivity index (χ1) is 19.7. The van der Waals surface area contributed by atoms with Crippen LogP contribution in [0.25, 0.3) is 0 Å². The highest BCUT2D eigenvalue weighted by Gasteiger charge is 2.30. The number of hydrogen-bond donors (Lipinski definition) is 8. The smallest absolute Gasteiger partial charge is 0.423 e. The number of nitrogens with two attached hydrogens (primary N) is 3. The van der Waals surface area contributed by atoms with Crippen LogP contribution in [0.3, 0.4) is 0 Å². The number of hydrogen-bond acceptors (Lipinski definition) is 9. The number of nitrogens with one attached hydrogen (secondary N) is 2. The Morgan fingerprint density at radius 3 is 2.17 bits per heavy atom. The molecule has 2 aromatic carbocycles. The summed E-state index contributed by atoms with van der Waals surface area (Å²) in [5.41, 5.74) is 15.7. The molecule has 42 heavy (non-hydrogen) atoms. The van der Waals surface area contributed by atoms with Gasteiger partial charge in [-0.25, -0.2) is 0 Å². The number of alkyl halides is 3. The Labute approximate surface area is 241 Å². The Balaban J connectivity index is 2.08.